The second kappa shape index (κ2) is 8.25. The maximum Gasteiger partial charge on any atom is 0.253 e. The van der Waals surface area contributed by atoms with Crippen LogP contribution in [0.4, 0.5) is 0 Å². The normalized spacial score (nSPS) is 12.0. The maximum atomic E-state index is 12.0. The number of methoxy groups -OCH3 is 2. The number of ether oxygens (including phenoxy) is 2. The highest BCUT2D eigenvalue weighted by Crippen LogP contribution is 2.17. The molecule has 1 amide bonds. The second-order valence-electron chi connectivity index (χ2n) is 4.83. The number of aliphatic hydroxyl groups excluding tert-OH is 1. The first-order chi connectivity index (χ1) is 11.2. The molecule has 124 valence electrons. The summed E-state index contributed by atoms with van der Waals surface area (Å²) in [7, 11) is 3.16. The van der Waals surface area contributed by atoms with E-state index in [0.29, 0.717) is 30.3 Å². The lowest BCUT2D eigenvalue weighted by molar-refractivity contribution is -0.129. The Bertz CT molecular complexity index is 627. The van der Waals surface area contributed by atoms with Crippen molar-refractivity contribution in [1.82, 2.24) is 20.1 Å². The minimum atomic E-state index is -1.25. The Kier molecular flexibility index (Phi) is 6.07. The van der Waals surface area contributed by atoms with Crippen molar-refractivity contribution in [3.8, 4) is 5.75 Å². The quantitative estimate of drug-likeness (QED) is 0.725. The monoisotopic (exact) mass is 320 g/mol. The number of carbonyl (C=O) groups is 1. The summed E-state index contributed by atoms with van der Waals surface area (Å²) in [6, 6.07) is 6.66. The largest absolute Gasteiger partial charge is 0.497 e. The molecule has 1 atom stereocenters. The number of carbonyl (C=O) groups excluding carboxylic acids is 1. The van der Waals surface area contributed by atoms with Gasteiger partial charge in [-0.1, -0.05) is 12.1 Å². The van der Waals surface area contributed by atoms with Gasteiger partial charge in [0.05, 0.1) is 20.3 Å². The molecule has 1 aromatic heterocycles. The molecule has 0 unspecified atom stereocenters. The minimum Gasteiger partial charge on any atom is -0.497 e. The Hall–Kier alpha value is -2.45. The molecule has 0 saturated carbocycles. The lowest BCUT2D eigenvalue weighted by Crippen LogP contribution is -2.30. The third-order valence-electron chi connectivity index (χ3n) is 3.33. The van der Waals surface area contributed by atoms with E-state index in [0.717, 1.165) is 0 Å². The van der Waals surface area contributed by atoms with Gasteiger partial charge < -0.3 is 24.5 Å². The molecule has 0 radical (unpaired) electrons. The number of benzene rings is 1. The summed E-state index contributed by atoms with van der Waals surface area (Å²) in [6.45, 7) is 1.29. The zero-order valence-electron chi connectivity index (χ0n) is 13.1. The van der Waals surface area contributed by atoms with Gasteiger partial charge in [-0.05, 0) is 17.7 Å². The maximum absolute atomic E-state index is 12.0. The van der Waals surface area contributed by atoms with E-state index in [2.05, 4.69) is 15.5 Å². The standard InChI is InChI=1S/C15H20N4O4/c1-22-8-7-19-10-17-18-13(19)9-16-15(21)14(20)11-3-5-12(23-2)6-4-11/h3-6,10,14,20H,7-9H2,1-2H3,(H,16,21)/t14-/m1/s1. The van der Waals surface area contributed by atoms with Crippen LogP contribution >= 0.6 is 0 Å². The van der Waals surface area contributed by atoms with E-state index in [9.17, 15) is 9.90 Å². The molecule has 23 heavy (non-hydrogen) atoms. The van der Waals surface area contributed by atoms with E-state index in [4.69, 9.17) is 9.47 Å². The molecule has 8 heteroatoms. The van der Waals surface area contributed by atoms with Gasteiger partial charge in [-0.15, -0.1) is 10.2 Å². The third kappa shape index (κ3) is 4.51. The van der Waals surface area contributed by atoms with Gasteiger partial charge in [-0.3, -0.25) is 4.79 Å². The molecular formula is C15H20N4O4. The molecule has 0 aliphatic carbocycles. The van der Waals surface area contributed by atoms with Gasteiger partial charge in [-0.2, -0.15) is 0 Å². The molecule has 0 saturated heterocycles. The molecule has 0 aliphatic rings. The summed E-state index contributed by atoms with van der Waals surface area (Å²) in [5.41, 5.74) is 0.490. The highest BCUT2D eigenvalue weighted by Gasteiger charge is 2.18. The van der Waals surface area contributed by atoms with Crippen molar-refractivity contribution in [1.29, 1.82) is 0 Å². The average molecular weight is 320 g/mol. The zero-order chi connectivity index (χ0) is 16.7. The third-order valence-corrected chi connectivity index (χ3v) is 3.33. The van der Waals surface area contributed by atoms with Crippen LogP contribution in [0.3, 0.4) is 0 Å². The smallest absolute Gasteiger partial charge is 0.253 e. The van der Waals surface area contributed by atoms with Crippen LogP contribution in [0.2, 0.25) is 0 Å². The fourth-order valence-electron chi connectivity index (χ4n) is 1.99. The van der Waals surface area contributed by atoms with Gasteiger partial charge in [0.1, 0.15) is 12.1 Å². The van der Waals surface area contributed by atoms with Crippen LogP contribution in [0.25, 0.3) is 0 Å². The molecule has 2 rings (SSSR count). The SMILES string of the molecule is COCCn1cnnc1CNC(=O)[C@H](O)c1ccc(OC)cc1. The summed E-state index contributed by atoms with van der Waals surface area (Å²) in [6.07, 6.45) is 0.316. The van der Waals surface area contributed by atoms with Crippen LogP contribution < -0.4 is 10.1 Å². The number of rotatable bonds is 8. The molecule has 0 aliphatic heterocycles. The molecule has 0 bridgehead atoms. The van der Waals surface area contributed by atoms with Gasteiger partial charge in [0.25, 0.3) is 5.91 Å². The topological polar surface area (TPSA) is 98.5 Å². The average Bonchev–Trinajstić information content (AvgIpc) is 3.04. The van der Waals surface area contributed by atoms with Crippen molar-refractivity contribution in [2.24, 2.45) is 0 Å². The van der Waals surface area contributed by atoms with E-state index < -0.39 is 12.0 Å². The van der Waals surface area contributed by atoms with E-state index in [1.54, 1.807) is 49.4 Å². The summed E-state index contributed by atoms with van der Waals surface area (Å²) >= 11 is 0. The van der Waals surface area contributed by atoms with Crippen molar-refractivity contribution in [3.63, 3.8) is 0 Å². The molecule has 1 heterocycles. The lowest BCUT2D eigenvalue weighted by Gasteiger charge is -2.12. The molecule has 8 nitrogen and oxygen atoms in total. The molecule has 1 aromatic carbocycles. The van der Waals surface area contributed by atoms with Crippen molar-refractivity contribution < 1.29 is 19.4 Å². The number of hydrogen-bond acceptors (Lipinski definition) is 6. The van der Waals surface area contributed by atoms with Crippen LogP contribution in [0.1, 0.15) is 17.5 Å². The Balaban J connectivity index is 1.92. The minimum absolute atomic E-state index is 0.176. The van der Waals surface area contributed by atoms with Crippen LogP contribution in [0.5, 0.6) is 5.75 Å². The zero-order valence-corrected chi connectivity index (χ0v) is 13.1. The van der Waals surface area contributed by atoms with Crippen molar-refractivity contribution in [2.75, 3.05) is 20.8 Å². The first-order valence-electron chi connectivity index (χ1n) is 7.11. The molecular weight excluding hydrogens is 300 g/mol. The van der Waals surface area contributed by atoms with E-state index in [-0.39, 0.29) is 6.54 Å². The van der Waals surface area contributed by atoms with Crippen molar-refractivity contribution in [3.05, 3.63) is 42.0 Å². The summed E-state index contributed by atoms with van der Waals surface area (Å²) in [4.78, 5) is 12.0. The van der Waals surface area contributed by atoms with Gasteiger partial charge in [0, 0.05) is 13.7 Å². The Labute approximate surface area is 134 Å². The number of nitrogens with zero attached hydrogens (tertiary/aromatic N) is 3. The van der Waals surface area contributed by atoms with Gasteiger partial charge >= 0.3 is 0 Å². The highest BCUT2D eigenvalue weighted by molar-refractivity contribution is 5.81. The summed E-state index contributed by atoms with van der Waals surface area (Å²) in [5, 5.41) is 20.5. The highest BCUT2D eigenvalue weighted by atomic mass is 16.5. The predicted molar refractivity (Wildman–Crippen MR) is 81.7 cm³/mol. The first-order valence-corrected chi connectivity index (χ1v) is 7.11. The number of aromatic nitrogens is 3. The predicted octanol–water partition coefficient (Wildman–Crippen LogP) is 0.283. The Morgan fingerprint density at radius 1 is 1.35 bits per heavy atom. The summed E-state index contributed by atoms with van der Waals surface area (Å²) < 4.78 is 11.8. The first kappa shape index (κ1) is 16.9. The van der Waals surface area contributed by atoms with Gasteiger partial charge in [-0.25, -0.2) is 0 Å². The van der Waals surface area contributed by atoms with Crippen LogP contribution in [-0.2, 0) is 22.6 Å². The van der Waals surface area contributed by atoms with Crippen molar-refractivity contribution >= 4 is 5.91 Å². The number of amides is 1. The van der Waals surface area contributed by atoms with Gasteiger partial charge in [0.2, 0.25) is 0 Å². The molecule has 0 fully saturated rings. The fourth-order valence-corrected chi connectivity index (χ4v) is 1.99. The molecule has 2 N–H and O–H groups in total. The lowest BCUT2D eigenvalue weighted by atomic mass is 10.1. The van der Waals surface area contributed by atoms with E-state index in [1.165, 1.54) is 0 Å². The molecule has 2 aromatic rings. The summed E-state index contributed by atoms with van der Waals surface area (Å²) in [5.74, 6) is 0.751. The van der Waals surface area contributed by atoms with E-state index in [1.807, 2.05) is 0 Å². The Morgan fingerprint density at radius 3 is 2.74 bits per heavy atom. The molecule has 0 spiro atoms. The van der Waals surface area contributed by atoms with Gasteiger partial charge in [0.15, 0.2) is 11.9 Å². The Morgan fingerprint density at radius 2 is 2.09 bits per heavy atom. The van der Waals surface area contributed by atoms with Crippen LogP contribution in [0.15, 0.2) is 30.6 Å². The van der Waals surface area contributed by atoms with Crippen molar-refractivity contribution in [2.45, 2.75) is 19.2 Å². The number of nitrogens with one attached hydrogen (secondary N) is 1. The number of aliphatic hydroxyl groups is 1. The van der Waals surface area contributed by atoms with Crippen LogP contribution in [-0.4, -0.2) is 46.6 Å². The van der Waals surface area contributed by atoms with Crippen LogP contribution in [0, 0.1) is 0 Å². The second-order valence-corrected chi connectivity index (χ2v) is 4.83. The number of hydrogen-bond donors (Lipinski definition) is 2. The fraction of sp³-hybridized carbons (Fsp3) is 0.400. The van der Waals surface area contributed by atoms with E-state index >= 15 is 0 Å².